The molecule has 0 radical (unpaired) electrons. The van der Waals surface area contributed by atoms with Crippen molar-refractivity contribution in [1.29, 1.82) is 0 Å². The molecule has 0 N–H and O–H groups in total. The Labute approximate surface area is 113 Å². The summed E-state index contributed by atoms with van der Waals surface area (Å²) in [6.45, 7) is 0. The van der Waals surface area contributed by atoms with Crippen LogP contribution < -0.4 is 9.47 Å². The van der Waals surface area contributed by atoms with E-state index >= 15 is 0 Å². The first kappa shape index (κ1) is 13.1. The van der Waals surface area contributed by atoms with Crippen molar-refractivity contribution < 1.29 is 14.4 Å². The van der Waals surface area contributed by atoms with E-state index in [0.717, 1.165) is 0 Å². The third-order valence-electron chi connectivity index (χ3n) is 2.28. The molecule has 0 atom stereocenters. The van der Waals surface area contributed by atoms with Gasteiger partial charge in [0.15, 0.2) is 5.75 Å². The molecule has 19 heavy (non-hydrogen) atoms. The van der Waals surface area contributed by atoms with Crippen LogP contribution in [-0.4, -0.2) is 17.0 Å². The van der Waals surface area contributed by atoms with Crippen LogP contribution in [0.5, 0.6) is 17.2 Å². The zero-order valence-electron chi connectivity index (χ0n) is 9.87. The summed E-state index contributed by atoms with van der Waals surface area (Å²) in [7, 11) is 1.37. The Hall–Kier alpha value is -2.34. The molecule has 6 nitrogen and oxygen atoms in total. The predicted molar refractivity (Wildman–Crippen MR) is 69.0 cm³/mol. The van der Waals surface area contributed by atoms with E-state index in [1.54, 1.807) is 12.1 Å². The molecule has 1 heterocycles. The normalized spacial score (nSPS) is 10.0. The number of pyridine rings is 1. The SMILES string of the molecule is COc1ccc(Oc2ccnc(Cl)c2)cc1[N+](=O)[O-]. The summed E-state index contributed by atoms with van der Waals surface area (Å²) in [5, 5.41) is 11.2. The first-order valence-electron chi connectivity index (χ1n) is 5.22. The molecule has 1 aromatic heterocycles. The number of nitrogens with zero attached hydrogens (tertiary/aromatic N) is 2. The van der Waals surface area contributed by atoms with Gasteiger partial charge in [0.25, 0.3) is 0 Å². The van der Waals surface area contributed by atoms with E-state index < -0.39 is 4.92 Å². The van der Waals surface area contributed by atoms with E-state index in [1.165, 1.54) is 31.5 Å². The summed E-state index contributed by atoms with van der Waals surface area (Å²) in [5.74, 6) is 0.930. The molecule has 0 saturated heterocycles. The summed E-state index contributed by atoms with van der Waals surface area (Å²) in [5.41, 5.74) is -0.167. The van der Waals surface area contributed by atoms with Crippen molar-refractivity contribution in [1.82, 2.24) is 4.98 Å². The van der Waals surface area contributed by atoms with Crippen LogP contribution in [0.25, 0.3) is 0 Å². The molecule has 0 spiro atoms. The van der Waals surface area contributed by atoms with Gasteiger partial charge < -0.3 is 9.47 Å². The minimum absolute atomic E-state index is 0.167. The van der Waals surface area contributed by atoms with Gasteiger partial charge in [-0.15, -0.1) is 0 Å². The molecular weight excluding hydrogens is 272 g/mol. The smallest absolute Gasteiger partial charge is 0.314 e. The van der Waals surface area contributed by atoms with Crippen LogP contribution in [-0.2, 0) is 0 Å². The molecule has 98 valence electrons. The fourth-order valence-electron chi connectivity index (χ4n) is 1.46. The van der Waals surface area contributed by atoms with Crippen LogP contribution in [0.15, 0.2) is 36.5 Å². The summed E-state index contributed by atoms with van der Waals surface area (Å²) < 4.78 is 10.4. The Morgan fingerprint density at radius 1 is 1.26 bits per heavy atom. The Kier molecular flexibility index (Phi) is 3.82. The first-order valence-corrected chi connectivity index (χ1v) is 5.60. The third-order valence-corrected chi connectivity index (χ3v) is 2.49. The average molecular weight is 281 g/mol. The number of nitro groups is 1. The van der Waals surface area contributed by atoms with Crippen molar-refractivity contribution in [3.05, 3.63) is 51.8 Å². The van der Waals surface area contributed by atoms with E-state index in [2.05, 4.69) is 4.98 Å². The summed E-state index contributed by atoms with van der Waals surface area (Å²) >= 11 is 5.72. The molecule has 1 aromatic carbocycles. The molecule has 0 aliphatic heterocycles. The number of benzene rings is 1. The van der Waals surface area contributed by atoms with E-state index in [1.807, 2.05) is 0 Å². The lowest BCUT2D eigenvalue weighted by Gasteiger charge is -2.07. The maximum atomic E-state index is 10.9. The lowest BCUT2D eigenvalue weighted by molar-refractivity contribution is -0.385. The average Bonchev–Trinajstić information content (AvgIpc) is 2.38. The number of hydrogen-bond acceptors (Lipinski definition) is 5. The summed E-state index contributed by atoms with van der Waals surface area (Å²) in [4.78, 5) is 14.2. The van der Waals surface area contributed by atoms with Gasteiger partial charge in [-0.05, 0) is 18.2 Å². The van der Waals surface area contributed by atoms with Gasteiger partial charge in [-0.25, -0.2) is 4.98 Å². The molecule has 0 aliphatic rings. The highest BCUT2D eigenvalue weighted by Gasteiger charge is 2.16. The number of halogens is 1. The molecule has 7 heteroatoms. The topological polar surface area (TPSA) is 74.5 Å². The largest absolute Gasteiger partial charge is 0.490 e. The van der Waals surface area contributed by atoms with E-state index in [4.69, 9.17) is 21.1 Å². The Balaban J connectivity index is 2.31. The monoisotopic (exact) mass is 280 g/mol. The summed E-state index contributed by atoms with van der Waals surface area (Å²) in [6, 6.07) is 7.43. The van der Waals surface area contributed by atoms with Gasteiger partial charge in [0.1, 0.15) is 16.7 Å². The van der Waals surface area contributed by atoms with Crippen LogP contribution in [0.1, 0.15) is 0 Å². The van der Waals surface area contributed by atoms with Gasteiger partial charge in [-0.3, -0.25) is 10.1 Å². The lowest BCUT2D eigenvalue weighted by atomic mass is 10.3. The molecule has 0 aliphatic carbocycles. The van der Waals surface area contributed by atoms with E-state index in [0.29, 0.717) is 11.5 Å². The summed E-state index contributed by atoms with van der Waals surface area (Å²) in [6.07, 6.45) is 1.48. The van der Waals surface area contributed by atoms with Gasteiger partial charge >= 0.3 is 5.69 Å². The van der Waals surface area contributed by atoms with Crippen molar-refractivity contribution in [3.8, 4) is 17.2 Å². The van der Waals surface area contributed by atoms with Crippen molar-refractivity contribution in [2.24, 2.45) is 0 Å². The first-order chi connectivity index (χ1) is 9.10. The van der Waals surface area contributed by atoms with Crippen LogP contribution in [0.4, 0.5) is 5.69 Å². The number of nitro benzene ring substituents is 1. The fourth-order valence-corrected chi connectivity index (χ4v) is 1.62. The van der Waals surface area contributed by atoms with Gasteiger partial charge in [-0.2, -0.15) is 0 Å². The highest BCUT2D eigenvalue weighted by Crippen LogP contribution is 2.33. The van der Waals surface area contributed by atoms with Crippen LogP contribution >= 0.6 is 11.6 Å². The van der Waals surface area contributed by atoms with Gasteiger partial charge in [0.05, 0.1) is 18.1 Å². The Morgan fingerprint density at radius 3 is 2.63 bits per heavy atom. The highest BCUT2D eigenvalue weighted by atomic mass is 35.5. The molecule has 0 saturated carbocycles. The second-order valence-corrected chi connectivity index (χ2v) is 3.89. The van der Waals surface area contributed by atoms with Crippen molar-refractivity contribution in [2.45, 2.75) is 0 Å². The van der Waals surface area contributed by atoms with Crippen LogP contribution in [0.3, 0.4) is 0 Å². The number of rotatable bonds is 4. The maximum absolute atomic E-state index is 10.9. The number of methoxy groups -OCH3 is 1. The standard InChI is InChI=1S/C12H9ClN2O4/c1-18-11-3-2-8(6-10(11)15(16)17)19-9-4-5-14-12(13)7-9/h2-7H,1H3. The molecule has 2 rings (SSSR count). The predicted octanol–water partition coefficient (Wildman–Crippen LogP) is 3.44. The second-order valence-electron chi connectivity index (χ2n) is 3.51. The van der Waals surface area contributed by atoms with Crippen LogP contribution in [0.2, 0.25) is 5.15 Å². The molecule has 0 unspecified atom stereocenters. The van der Waals surface area contributed by atoms with Crippen LogP contribution in [0, 0.1) is 10.1 Å². The third kappa shape index (κ3) is 3.11. The van der Waals surface area contributed by atoms with Gasteiger partial charge in [-0.1, -0.05) is 11.6 Å². The number of hydrogen-bond donors (Lipinski definition) is 0. The van der Waals surface area contributed by atoms with Crippen molar-refractivity contribution >= 4 is 17.3 Å². The van der Waals surface area contributed by atoms with Gasteiger partial charge in [0.2, 0.25) is 0 Å². The number of aromatic nitrogens is 1. The quantitative estimate of drug-likeness (QED) is 0.487. The van der Waals surface area contributed by atoms with Crippen molar-refractivity contribution in [2.75, 3.05) is 7.11 Å². The molecule has 0 amide bonds. The van der Waals surface area contributed by atoms with E-state index in [9.17, 15) is 10.1 Å². The Morgan fingerprint density at radius 2 is 2.00 bits per heavy atom. The zero-order chi connectivity index (χ0) is 13.8. The number of ether oxygens (including phenoxy) is 2. The highest BCUT2D eigenvalue weighted by molar-refractivity contribution is 6.29. The molecule has 0 fully saturated rings. The second kappa shape index (κ2) is 5.53. The fraction of sp³-hybridized carbons (Fsp3) is 0.0833. The van der Waals surface area contributed by atoms with Gasteiger partial charge in [0, 0.05) is 12.3 Å². The zero-order valence-corrected chi connectivity index (χ0v) is 10.6. The Bertz CT molecular complexity index is 618. The lowest BCUT2D eigenvalue weighted by Crippen LogP contribution is -1.94. The van der Waals surface area contributed by atoms with E-state index in [-0.39, 0.29) is 16.6 Å². The minimum atomic E-state index is -0.536. The molecule has 2 aromatic rings. The molecular formula is C12H9ClN2O4. The molecule has 0 bridgehead atoms. The van der Waals surface area contributed by atoms with Crippen molar-refractivity contribution in [3.63, 3.8) is 0 Å². The maximum Gasteiger partial charge on any atom is 0.314 e. The minimum Gasteiger partial charge on any atom is -0.490 e.